The Balaban J connectivity index is 1.75. The van der Waals surface area contributed by atoms with E-state index in [1.54, 1.807) is 11.8 Å². The minimum atomic E-state index is 0.00831. The fourth-order valence-electron chi connectivity index (χ4n) is 3.39. The highest BCUT2D eigenvalue weighted by Gasteiger charge is 2.17. The monoisotopic (exact) mass is 353 g/mol. The van der Waals surface area contributed by atoms with Gasteiger partial charge in [-0.2, -0.15) is 0 Å². The van der Waals surface area contributed by atoms with Crippen molar-refractivity contribution < 1.29 is 4.79 Å². The van der Waals surface area contributed by atoms with Crippen LogP contribution in [0.2, 0.25) is 0 Å². The summed E-state index contributed by atoms with van der Waals surface area (Å²) >= 11 is 1.73. The van der Waals surface area contributed by atoms with Crippen LogP contribution in [0.5, 0.6) is 0 Å². The van der Waals surface area contributed by atoms with Crippen molar-refractivity contribution in [3.05, 3.63) is 64.7 Å². The van der Waals surface area contributed by atoms with E-state index < -0.39 is 0 Å². The molecule has 2 nitrogen and oxygen atoms in total. The Morgan fingerprint density at radius 3 is 2.48 bits per heavy atom. The highest BCUT2D eigenvalue weighted by atomic mass is 32.2. The van der Waals surface area contributed by atoms with E-state index in [2.05, 4.69) is 44.3 Å². The van der Waals surface area contributed by atoms with Gasteiger partial charge >= 0.3 is 0 Å². The van der Waals surface area contributed by atoms with Gasteiger partial charge in [-0.05, 0) is 61.4 Å². The second kappa shape index (κ2) is 8.09. The fourth-order valence-corrected chi connectivity index (χ4v) is 4.34. The number of hydrogen-bond acceptors (Lipinski definition) is 2. The Bertz CT molecular complexity index is 753. The van der Waals surface area contributed by atoms with Crippen molar-refractivity contribution in [3.63, 3.8) is 0 Å². The minimum Gasteiger partial charge on any atom is -0.345 e. The maximum Gasteiger partial charge on any atom is 0.252 e. The zero-order valence-corrected chi connectivity index (χ0v) is 16.2. The SMILES string of the molecule is CC(C)Sc1ccccc1C(=O)N[C@@H](C)c1ccc2c(c1)CCCC2. The first-order valence-corrected chi connectivity index (χ1v) is 10.1. The van der Waals surface area contributed by atoms with E-state index in [-0.39, 0.29) is 11.9 Å². The molecule has 1 amide bonds. The normalized spacial score (nSPS) is 14.9. The van der Waals surface area contributed by atoms with E-state index in [1.165, 1.54) is 36.0 Å². The van der Waals surface area contributed by atoms with E-state index in [0.29, 0.717) is 5.25 Å². The fraction of sp³-hybridized carbons (Fsp3) is 0.409. The third-order valence-electron chi connectivity index (χ3n) is 4.71. The Hall–Kier alpha value is -1.74. The highest BCUT2D eigenvalue weighted by molar-refractivity contribution is 8.00. The van der Waals surface area contributed by atoms with Crippen molar-refractivity contribution in [2.45, 2.75) is 62.6 Å². The molecule has 1 aliphatic carbocycles. The maximum atomic E-state index is 12.8. The second-order valence-electron chi connectivity index (χ2n) is 7.09. The van der Waals surface area contributed by atoms with Crippen LogP contribution in [-0.2, 0) is 12.8 Å². The summed E-state index contributed by atoms with van der Waals surface area (Å²) in [5.41, 5.74) is 4.90. The lowest BCUT2D eigenvalue weighted by molar-refractivity contribution is 0.0937. The van der Waals surface area contributed by atoms with Crippen molar-refractivity contribution in [1.29, 1.82) is 0 Å². The summed E-state index contributed by atoms with van der Waals surface area (Å²) < 4.78 is 0. The van der Waals surface area contributed by atoms with Crippen LogP contribution in [0.1, 0.15) is 66.7 Å². The lowest BCUT2D eigenvalue weighted by atomic mass is 9.89. The van der Waals surface area contributed by atoms with Gasteiger partial charge in [-0.3, -0.25) is 4.79 Å². The van der Waals surface area contributed by atoms with Crippen LogP contribution in [0.3, 0.4) is 0 Å². The molecule has 0 radical (unpaired) electrons. The molecular formula is C22H27NOS. The van der Waals surface area contributed by atoms with Gasteiger partial charge in [-0.25, -0.2) is 0 Å². The van der Waals surface area contributed by atoms with E-state index >= 15 is 0 Å². The van der Waals surface area contributed by atoms with Gasteiger partial charge in [-0.15, -0.1) is 11.8 Å². The molecule has 1 atom stereocenters. The molecule has 2 aromatic rings. The number of rotatable bonds is 5. The lowest BCUT2D eigenvalue weighted by Crippen LogP contribution is -2.27. The first kappa shape index (κ1) is 18.1. The number of nitrogens with one attached hydrogen (secondary N) is 1. The van der Waals surface area contributed by atoms with Crippen LogP contribution in [-0.4, -0.2) is 11.2 Å². The lowest BCUT2D eigenvalue weighted by Gasteiger charge is -2.20. The molecule has 0 heterocycles. The standard InChI is InChI=1S/C22H27NOS/c1-15(2)25-21-11-7-6-10-20(21)22(24)23-16(3)18-13-12-17-8-4-5-9-19(17)14-18/h6-7,10-16H,4-5,8-9H2,1-3H3,(H,23,24)/t16-/m0/s1. The molecule has 0 fully saturated rings. The molecule has 0 spiro atoms. The number of aryl methyl sites for hydroxylation is 2. The first-order valence-electron chi connectivity index (χ1n) is 9.23. The molecule has 25 heavy (non-hydrogen) atoms. The summed E-state index contributed by atoms with van der Waals surface area (Å²) in [5.74, 6) is 0.00831. The Kier molecular flexibility index (Phi) is 5.85. The van der Waals surface area contributed by atoms with Crippen LogP contribution in [0.25, 0.3) is 0 Å². The minimum absolute atomic E-state index is 0.00831. The summed E-state index contributed by atoms with van der Waals surface area (Å²) in [4.78, 5) is 13.8. The molecule has 1 aliphatic rings. The molecular weight excluding hydrogens is 326 g/mol. The Morgan fingerprint density at radius 2 is 1.72 bits per heavy atom. The van der Waals surface area contributed by atoms with Gasteiger partial charge in [0, 0.05) is 10.1 Å². The molecule has 0 saturated carbocycles. The molecule has 0 aliphatic heterocycles. The van der Waals surface area contributed by atoms with Crippen molar-refractivity contribution in [3.8, 4) is 0 Å². The molecule has 2 aromatic carbocycles. The van der Waals surface area contributed by atoms with Crippen molar-refractivity contribution in [2.24, 2.45) is 0 Å². The van der Waals surface area contributed by atoms with E-state index in [0.717, 1.165) is 16.9 Å². The van der Waals surface area contributed by atoms with Crippen LogP contribution < -0.4 is 5.32 Å². The van der Waals surface area contributed by atoms with Gasteiger partial charge in [-0.1, -0.05) is 44.2 Å². The van der Waals surface area contributed by atoms with Gasteiger partial charge in [0.05, 0.1) is 11.6 Å². The maximum absolute atomic E-state index is 12.8. The smallest absolute Gasteiger partial charge is 0.252 e. The topological polar surface area (TPSA) is 29.1 Å². The van der Waals surface area contributed by atoms with Crippen LogP contribution >= 0.6 is 11.8 Å². The zero-order valence-electron chi connectivity index (χ0n) is 15.3. The molecule has 0 unspecified atom stereocenters. The van der Waals surface area contributed by atoms with Gasteiger partial charge in [0.15, 0.2) is 0 Å². The predicted molar refractivity (Wildman–Crippen MR) is 106 cm³/mol. The second-order valence-corrected chi connectivity index (χ2v) is 8.71. The van der Waals surface area contributed by atoms with Crippen molar-refractivity contribution in [1.82, 2.24) is 5.32 Å². The quantitative estimate of drug-likeness (QED) is 0.713. The molecule has 132 valence electrons. The zero-order chi connectivity index (χ0) is 17.8. The van der Waals surface area contributed by atoms with Crippen LogP contribution in [0.15, 0.2) is 47.4 Å². The average Bonchev–Trinajstić information content (AvgIpc) is 2.61. The number of carbonyl (C=O) groups excluding carboxylic acids is 1. The number of amides is 1. The summed E-state index contributed by atoms with van der Waals surface area (Å²) in [6.45, 7) is 6.37. The third-order valence-corrected chi connectivity index (χ3v) is 5.80. The molecule has 1 N–H and O–H groups in total. The van der Waals surface area contributed by atoms with Gasteiger partial charge in [0.1, 0.15) is 0 Å². The Morgan fingerprint density at radius 1 is 1.00 bits per heavy atom. The molecule has 0 saturated heterocycles. The average molecular weight is 354 g/mol. The van der Waals surface area contributed by atoms with Gasteiger partial charge in [0.2, 0.25) is 0 Å². The summed E-state index contributed by atoms with van der Waals surface area (Å²) in [6, 6.07) is 14.6. The van der Waals surface area contributed by atoms with E-state index in [1.807, 2.05) is 24.3 Å². The third kappa shape index (κ3) is 4.46. The number of thioether (sulfide) groups is 1. The number of hydrogen-bond donors (Lipinski definition) is 1. The van der Waals surface area contributed by atoms with Gasteiger partial charge < -0.3 is 5.32 Å². The first-order chi connectivity index (χ1) is 12.0. The van der Waals surface area contributed by atoms with Crippen LogP contribution in [0.4, 0.5) is 0 Å². The van der Waals surface area contributed by atoms with Crippen molar-refractivity contribution in [2.75, 3.05) is 0 Å². The predicted octanol–water partition coefficient (Wildman–Crippen LogP) is 5.56. The van der Waals surface area contributed by atoms with Crippen LogP contribution in [0, 0.1) is 0 Å². The van der Waals surface area contributed by atoms with E-state index in [9.17, 15) is 4.79 Å². The molecule has 3 heteroatoms. The highest BCUT2D eigenvalue weighted by Crippen LogP contribution is 2.28. The van der Waals surface area contributed by atoms with E-state index in [4.69, 9.17) is 0 Å². The Labute approximate surface area is 155 Å². The summed E-state index contributed by atoms with van der Waals surface area (Å²) in [5, 5.41) is 3.63. The number of carbonyl (C=O) groups is 1. The molecule has 0 bridgehead atoms. The number of benzene rings is 2. The summed E-state index contributed by atoms with van der Waals surface area (Å²) in [7, 11) is 0. The molecule has 3 rings (SSSR count). The largest absolute Gasteiger partial charge is 0.345 e. The van der Waals surface area contributed by atoms with Crippen molar-refractivity contribution >= 4 is 17.7 Å². The summed E-state index contributed by atoms with van der Waals surface area (Å²) in [6.07, 6.45) is 4.92. The van der Waals surface area contributed by atoms with Gasteiger partial charge in [0.25, 0.3) is 5.91 Å². The molecule has 0 aromatic heterocycles. The number of fused-ring (bicyclic) bond motifs is 1.